The molecule has 0 aromatic heterocycles. The Morgan fingerprint density at radius 1 is 1.00 bits per heavy atom. The van der Waals surface area contributed by atoms with Gasteiger partial charge in [0.05, 0.1) is 11.5 Å². The van der Waals surface area contributed by atoms with Crippen LogP contribution in [0.3, 0.4) is 0 Å². The Balaban J connectivity index is 1.59. The zero-order valence-electron chi connectivity index (χ0n) is 16.2. The zero-order chi connectivity index (χ0) is 18.0. The first-order valence-electron chi connectivity index (χ1n) is 10.5. The number of rotatable bonds is 2. The van der Waals surface area contributed by atoms with Crippen LogP contribution in [0, 0.1) is 40.4 Å². The highest BCUT2D eigenvalue weighted by Crippen LogP contribution is 2.68. The molecule has 0 saturated heterocycles. The molecule has 0 bridgehead atoms. The number of halogens is 1. The van der Waals surface area contributed by atoms with Crippen molar-refractivity contribution in [3.8, 4) is 0 Å². The van der Waals surface area contributed by atoms with Crippen molar-refractivity contribution >= 4 is 17.4 Å². The molecule has 0 aromatic carbocycles. The summed E-state index contributed by atoms with van der Waals surface area (Å²) in [4.78, 5) is 12.2. The van der Waals surface area contributed by atoms with Crippen LogP contribution in [-0.2, 0) is 4.79 Å². The van der Waals surface area contributed by atoms with Gasteiger partial charge in [-0.15, -0.1) is 11.6 Å². The number of carbonyl (C=O) groups is 1. The SMILES string of the molecule is CC(=O)[C@H]1CCC2C3CC[C@@H]4C[C@@](O)(CCl)CC[C@]4(C)C3CC[C@@]21C. The standard InChI is InChI=1S/C22H35ClO2/c1-14(24)17-6-7-18-16-5-4-15-12-22(25,13-23)11-10-20(15,2)19(16)8-9-21(17,18)3/h15-19,25H,4-13H2,1-3H3/t15-,16?,17-,18?,19?,20+,21-,22-/m1/s1. The van der Waals surface area contributed by atoms with Crippen molar-refractivity contribution in [2.75, 3.05) is 5.88 Å². The summed E-state index contributed by atoms with van der Waals surface area (Å²) in [5.74, 6) is 4.06. The molecule has 0 heterocycles. The minimum Gasteiger partial charge on any atom is -0.389 e. The van der Waals surface area contributed by atoms with E-state index in [4.69, 9.17) is 11.6 Å². The van der Waals surface area contributed by atoms with Gasteiger partial charge in [-0.3, -0.25) is 4.79 Å². The molecule has 0 amide bonds. The molecule has 4 aliphatic carbocycles. The first-order valence-corrected chi connectivity index (χ1v) is 11.1. The summed E-state index contributed by atoms with van der Waals surface area (Å²) in [6.07, 6.45) is 10.3. The highest BCUT2D eigenvalue weighted by molar-refractivity contribution is 6.18. The predicted molar refractivity (Wildman–Crippen MR) is 102 cm³/mol. The molecule has 0 radical (unpaired) electrons. The maximum absolute atomic E-state index is 12.2. The van der Waals surface area contributed by atoms with E-state index >= 15 is 0 Å². The Hall–Kier alpha value is -0.0800. The number of fused-ring (bicyclic) bond motifs is 5. The van der Waals surface area contributed by atoms with E-state index in [1.807, 2.05) is 6.92 Å². The molecule has 0 spiro atoms. The monoisotopic (exact) mass is 366 g/mol. The number of alkyl halides is 1. The van der Waals surface area contributed by atoms with Gasteiger partial charge in [-0.05, 0) is 99.2 Å². The fraction of sp³-hybridized carbons (Fsp3) is 0.955. The Kier molecular flexibility index (Phi) is 4.36. The van der Waals surface area contributed by atoms with Crippen LogP contribution in [0.5, 0.6) is 0 Å². The maximum Gasteiger partial charge on any atom is 0.133 e. The van der Waals surface area contributed by atoms with Gasteiger partial charge in [0.25, 0.3) is 0 Å². The van der Waals surface area contributed by atoms with Gasteiger partial charge in [0.15, 0.2) is 0 Å². The minimum absolute atomic E-state index is 0.252. The van der Waals surface area contributed by atoms with Crippen molar-refractivity contribution in [1.82, 2.24) is 0 Å². The third-order valence-electron chi connectivity index (χ3n) is 9.56. The van der Waals surface area contributed by atoms with Crippen LogP contribution < -0.4 is 0 Å². The lowest BCUT2D eigenvalue weighted by molar-refractivity contribution is -0.149. The summed E-state index contributed by atoms with van der Waals surface area (Å²) in [6, 6.07) is 0. The molecule has 3 heteroatoms. The van der Waals surface area contributed by atoms with E-state index in [-0.39, 0.29) is 5.41 Å². The summed E-state index contributed by atoms with van der Waals surface area (Å²) in [6.45, 7) is 6.76. The van der Waals surface area contributed by atoms with E-state index in [1.165, 1.54) is 32.1 Å². The molecule has 4 aliphatic rings. The molecule has 8 atom stereocenters. The number of Topliss-reactive ketones (excluding diaryl/α,β-unsaturated/α-hetero) is 1. The number of hydrogen-bond donors (Lipinski definition) is 1. The Morgan fingerprint density at radius 2 is 1.72 bits per heavy atom. The van der Waals surface area contributed by atoms with Crippen molar-refractivity contribution in [3.05, 3.63) is 0 Å². The van der Waals surface area contributed by atoms with Crippen LogP contribution in [0.15, 0.2) is 0 Å². The van der Waals surface area contributed by atoms with E-state index in [1.54, 1.807) is 0 Å². The molecule has 3 unspecified atom stereocenters. The van der Waals surface area contributed by atoms with E-state index in [9.17, 15) is 9.90 Å². The molecule has 1 N–H and O–H groups in total. The lowest BCUT2D eigenvalue weighted by atomic mass is 9.44. The molecule has 0 aliphatic heterocycles. The van der Waals surface area contributed by atoms with Crippen molar-refractivity contribution in [3.63, 3.8) is 0 Å². The zero-order valence-corrected chi connectivity index (χ0v) is 16.9. The predicted octanol–water partition coefficient (Wildman–Crippen LogP) is 5.20. The second kappa shape index (κ2) is 5.96. The Labute approximate surface area is 158 Å². The van der Waals surface area contributed by atoms with Crippen molar-refractivity contribution in [2.45, 2.75) is 84.2 Å². The average Bonchev–Trinajstić information content (AvgIpc) is 2.93. The van der Waals surface area contributed by atoms with Crippen LogP contribution in [-0.4, -0.2) is 22.4 Å². The van der Waals surface area contributed by atoms with Gasteiger partial charge in [-0.25, -0.2) is 0 Å². The van der Waals surface area contributed by atoms with E-state index < -0.39 is 5.60 Å². The molecule has 2 nitrogen and oxygen atoms in total. The second-order valence-corrected chi connectivity index (χ2v) is 10.8. The van der Waals surface area contributed by atoms with Gasteiger partial charge in [0, 0.05) is 5.92 Å². The quantitative estimate of drug-likeness (QED) is 0.681. The van der Waals surface area contributed by atoms with E-state index in [2.05, 4.69) is 13.8 Å². The highest BCUT2D eigenvalue weighted by atomic mass is 35.5. The van der Waals surface area contributed by atoms with Gasteiger partial charge in [0.2, 0.25) is 0 Å². The number of ketones is 1. The van der Waals surface area contributed by atoms with Crippen LogP contribution in [0.25, 0.3) is 0 Å². The molecule has 4 rings (SSSR count). The largest absolute Gasteiger partial charge is 0.389 e. The fourth-order valence-corrected chi connectivity index (χ4v) is 8.35. The van der Waals surface area contributed by atoms with Gasteiger partial charge < -0.3 is 5.11 Å². The summed E-state index contributed by atoms with van der Waals surface area (Å²) >= 11 is 6.09. The summed E-state index contributed by atoms with van der Waals surface area (Å²) < 4.78 is 0. The van der Waals surface area contributed by atoms with Crippen LogP contribution in [0.1, 0.15) is 78.6 Å². The summed E-state index contributed by atoms with van der Waals surface area (Å²) in [5.41, 5.74) is -0.00653. The highest BCUT2D eigenvalue weighted by Gasteiger charge is 2.61. The minimum atomic E-state index is -0.630. The number of carbonyl (C=O) groups excluding carboxylic acids is 1. The lowest BCUT2D eigenvalue weighted by Crippen LogP contribution is -2.56. The molecular formula is C22H35ClO2. The van der Waals surface area contributed by atoms with E-state index in [0.717, 1.165) is 43.4 Å². The topological polar surface area (TPSA) is 37.3 Å². The number of hydrogen-bond acceptors (Lipinski definition) is 2. The van der Waals surface area contributed by atoms with Gasteiger partial charge >= 0.3 is 0 Å². The molecule has 4 fully saturated rings. The summed E-state index contributed by atoms with van der Waals surface area (Å²) in [5, 5.41) is 10.7. The lowest BCUT2D eigenvalue weighted by Gasteiger charge is -2.62. The van der Waals surface area contributed by atoms with Crippen molar-refractivity contribution < 1.29 is 9.90 Å². The van der Waals surface area contributed by atoms with Crippen LogP contribution in [0.4, 0.5) is 0 Å². The third kappa shape index (κ3) is 2.57. The smallest absolute Gasteiger partial charge is 0.133 e. The second-order valence-electron chi connectivity index (χ2n) is 10.5. The van der Waals surface area contributed by atoms with Crippen LogP contribution >= 0.6 is 11.6 Å². The molecular weight excluding hydrogens is 332 g/mol. The fourth-order valence-electron chi connectivity index (χ4n) is 8.11. The Bertz CT molecular complexity index is 562. The van der Waals surface area contributed by atoms with Gasteiger partial charge in [-0.1, -0.05) is 13.8 Å². The van der Waals surface area contributed by atoms with Crippen LogP contribution in [0.2, 0.25) is 0 Å². The molecule has 4 saturated carbocycles. The normalized spacial score (nSPS) is 55.2. The summed E-state index contributed by atoms with van der Waals surface area (Å²) in [7, 11) is 0. The van der Waals surface area contributed by atoms with Gasteiger partial charge in [0.1, 0.15) is 5.78 Å². The Morgan fingerprint density at radius 3 is 2.40 bits per heavy atom. The molecule has 0 aromatic rings. The van der Waals surface area contributed by atoms with E-state index in [0.29, 0.717) is 28.9 Å². The molecule has 142 valence electrons. The van der Waals surface area contributed by atoms with Gasteiger partial charge in [-0.2, -0.15) is 0 Å². The number of aliphatic hydroxyl groups is 1. The van der Waals surface area contributed by atoms with Crippen molar-refractivity contribution in [2.24, 2.45) is 40.4 Å². The first-order chi connectivity index (χ1) is 11.7. The maximum atomic E-state index is 12.2. The molecule has 25 heavy (non-hydrogen) atoms. The first kappa shape index (κ1) is 18.3. The average molecular weight is 367 g/mol. The third-order valence-corrected chi connectivity index (χ3v) is 10.1. The van der Waals surface area contributed by atoms with Crippen molar-refractivity contribution in [1.29, 1.82) is 0 Å².